The van der Waals surface area contributed by atoms with E-state index in [-0.39, 0.29) is 17.8 Å². The first-order valence-electron chi connectivity index (χ1n) is 4.52. The average Bonchev–Trinajstić information content (AvgIpc) is 2.76. The third kappa shape index (κ3) is 2.30. The fraction of sp³-hybridized carbons (Fsp3) is 0.0909. The second-order valence-electron chi connectivity index (χ2n) is 3.20. The maximum absolute atomic E-state index is 13.2. The van der Waals surface area contributed by atoms with Crippen molar-refractivity contribution in [3.05, 3.63) is 52.0 Å². The van der Waals surface area contributed by atoms with Crippen molar-refractivity contribution in [2.75, 3.05) is 0 Å². The van der Waals surface area contributed by atoms with Gasteiger partial charge in [0.1, 0.15) is 11.6 Å². The monoisotopic (exact) mass is 239 g/mol. The number of rotatable bonds is 3. The number of hydrogen-bond donors (Lipinski definition) is 0. The average molecular weight is 239 g/mol. The fourth-order valence-corrected chi connectivity index (χ4v) is 1.85. The van der Waals surface area contributed by atoms with Crippen LogP contribution in [0.25, 0.3) is 0 Å². The number of halogens is 2. The third-order valence-corrected chi connectivity index (χ3v) is 2.88. The highest BCUT2D eigenvalue weighted by atomic mass is 32.1. The molecule has 0 aliphatic rings. The van der Waals surface area contributed by atoms with Crippen LogP contribution in [-0.4, -0.2) is 10.8 Å². The molecule has 0 radical (unpaired) electrons. The van der Waals surface area contributed by atoms with E-state index in [0.29, 0.717) is 4.88 Å². The van der Waals surface area contributed by atoms with Crippen LogP contribution in [0.1, 0.15) is 15.2 Å². The molecule has 0 amide bonds. The highest BCUT2D eigenvalue weighted by molar-refractivity contribution is 7.11. The molecule has 1 aromatic carbocycles. The van der Waals surface area contributed by atoms with Gasteiger partial charge in [-0.2, -0.15) is 0 Å². The van der Waals surface area contributed by atoms with Gasteiger partial charge in [-0.05, 0) is 23.8 Å². The van der Waals surface area contributed by atoms with Gasteiger partial charge in [0.15, 0.2) is 5.78 Å². The van der Waals surface area contributed by atoms with Crippen LogP contribution in [0.4, 0.5) is 8.78 Å². The molecule has 0 spiro atoms. The van der Waals surface area contributed by atoms with E-state index in [2.05, 4.69) is 4.98 Å². The van der Waals surface area contributed by atoms with Crippen molar-refractivity contribution in [1.29, 1.82) is 0 Å². The summed E-state index contributed by atoms with van der Waals surface area (Å²) in [6.45, 7) is 0. The predicted octanol–water partition coefficient (Wildman–Crippen LogP) is 2.85. The van der Waals surface area contributed by atoms with Crippen molar-refractivity contribution in [1.82, 2.24) is 4.98 Å². The number of carbonyl (C=O) groups is 1. The molecule has 0 unspecified atom stereocenters. The topological polar surface area (TPSA) is 30.0 Å². The molecule has 16 heavy (non-hydrogen) atoms. The van der Waals surface area contributed by atoms with Gasteiger partial charge >= 0.3 is 0 Å². The van der Waals surface area contributed by atoms with Crippen LogP contribution >= 0.6 is 11.3 Å². The lowest BCUT2D eigenvalue weighted by Gasteiger charge is -2.01. The zero-order valence-electron chi connectivity index (χ0n) is 8.11. The van der Waals surface area contributed by atoms with Gasteiger partial charge in [-0.1, -0.05) is 0 Å². The largest absolute Gasteiger partial charge is 0.293 e. The summed E-state index contributed by atoms with van der Waals surface area (Å²) >= 11 is 1.18. The molecule has 1 aromatic heterocycles. The third-order valence-electron chi connectivity index (χ3n) is 2.07. The number of benzene rings is 1. The summed E-state index contributed by atoms with van der Waals surface area (Å²) in [7, 11) is 0. The van der Waals surface area contributed by atoms with Crippen LogP contribution in [0.2, 0.25) is 0 Å². The van der Waals surface area contributed by atoms with Crippen molar-refractivity contribution in [2.45, 2.75) is 6.42 Å². The van der Waals surface area contributed by atoms with Crippen LogP contribution < -0.4 is 0 Å². The summed E-state index contributed by atoms with van der Waals surface area (Å²) in [5, 5.41) is 0. The second kappa shape index (κ2) is 4.49. The SMILES string of the molecule is O=C(Cc1cc(F)ccc1F)c1cncs1. The molecular formula is C11H7F2NOS. The van der Waals surface area contributed by atoms with E-state index < -0.39 is 11.6 Å². The normalized spacial score (nSPS) is 10.4. The first-order valence-corrected chi connectivity index (χ1v) is 5.40. The summed E-state index contributed by atoms with van der Waals surface area (Å²) in [5.74, 6) is -1.38. The Bertz CT molecular complexity index is 511. The molecule has 0 N–H and O–H groups in total. The molecule has 82 valence electrons. The van der Waals surface area contributed by atoms with Gasteiger partial charge in [0.25, 0.3) is 0 Å². The minimum atomic E-state index is -0.570. The zero-order chi connectivity index (χ0) is 11.5. The lowest BCUT2D eigenvalue weighted by molar-refractivity contribution is 0.0995. The van der Waals surface area contributed by atoms with Crippen molar-refractivity contribution >= 4 is 17.1 Å². The van der Waals surface area contributed by atoms with E-state index in [0.717, 1.165) is 18.2 Å². The molecule has 0 bridgehead atoms. The van der Waals surface area contributed by atoms with Gasteiger partial charge in [0.2, 0.25) is 0 Å². The summed E-state index contributed by atoms with van der Waals surface area (Å²) in [6, 6.07) is 3.08. The van der Waals surface area contributed by atoms with Gasteiger partial charge in [-0.3, -0.25) is 9.78 Å². The number of Topliss-reactive ketones (excluding diaryl/α,β-unsaturated/α-hetero) is 1. The second-order valence-corrected chi connectivity index (χ2v) is 4.09. The standard InChI is InChI=1S/C11H7F2NOS/c12-8-1-2-9(13)7(3-8)4-10(15)11-5-14-6-16-11/h1-3,5-6H,4H2. The first-order chi connectivity index (χ1) is 7.66. The molecule has 0 atom stereocenters. The first kappa shape index (κ1) is 10.9. The molecule has 2 aromatic rings. The van der Waals surface area contributed by atoms with Crippen molar-refractivity contribution in [2.24, 2.45) is 0 Å². The Labute approximate surface area is 94.6 Å². The highest BCUT2D eigenvalue weighted by Crippen LogP contribution is 2.14. The van der Waals surface area contributed by atoms with Crippen LogP contribution in [0.15, 0.2) is 29.9 Å². The number of nitrogens with zero attached hydrogens (tertiary/aromatic N) is 1. The van der Waals surface area contributed by atoms with Crippen molar-refractivity contribution < 1.29 is 13.6 Å². The van der Waals surface area contributed by atoms with E-state index in [1.54, 1.807) is 0 Å². The Hall–Kier alpha value is -1.62. The molecule has 2 rings (SSSR count). The van der Waals surface area contributed by atoms with E-state index in [1.165, 1.54) is 23.0 Å². The lowest BCUT2D eigenvalue weighted by atomic mass is 10.1. The molecule has 0 saturated heterocycles. The summed E-state index contributed by atoms with van der Waals surface area (Å²) in [5.41, 5.74) is 1.59. The Morgan fingerprint density at radius 1 is 1.38 bits per heavy atom. The van der Waals surface area contributed by atoms with Crippen LogP contribution in [0.5, 0.6) is 0 Å². The smallest absolute Gasteiger partial charge is 0.178 e. The number of ketones is 1. The number of hydrogen-bond acceptors (Lipinski definition) is 3. The Kier molecular flexibility index (Phi) is 3.05. The van der Waals surface area contributed by atoms with Gasteiger partial charge < -0.3 is 0 Å². The lowest BCUT2D eigenvalue weighted by Crippen LogP contribution is -2.03. The summed E-state index contributed by atoms with van der Waals surface area (Å²) < 4.78 is 26.1. The van der Waals surface area contributed by atoms with E-state index in [9.17, 15) is 13.6 Å². The van der Waals surface area contributed by atoms with Gasteiger partial charge in [0.05, 0.1) is 10.4 Å². The Morgan fingerprint density at radius 3 is 2.88 bits per heavy atom. The molecule has 0 saturated carbocycles. The van der Waals surface area contributed by atoms with Gasteiger partial charge in [-0.15, -0.1) is 11.3 Å². The van der Waals surface area contributed by atoms with Crippen LogP contribution in [-0.2, 0) is 6.42 Å². The molecule has 0 aliphatic heterocycles. The van der Waals surface area contributed by atoms with E-state index in [1.807, 2.05) is 0 Å². The number of thiazole rings is 1. The number of aromatic nitrogens is 1. The summed E-state index contributed by atoms with van der Waals surface area (Å²) in [4.78, 5) is 15.8. The van der Waals surface area contributed by atoms with Gasteiger partial charge in [-0.25, -0.2) is 8.78 Å². The summed E-state index contributed by atoms with van der Waals surface area (Å²) in [6.07, 6.45) is 1.27. The molecule has 1 heterocycles. The molecule has 2 nitrogen and oxygen atoms in total. The number of carbonyl (C=O) groups excluding carboxylic acids is 1. The quantitative estimate of drug-likeness (QED) is 0.771. The van der Waals surface area contributed by atoms with E-state index >= 15 is 0 Å². The molecule has 0 fully saturated rings. The Balaban J connectivity index is 2.21. The minimum absolute atomic E-state index is 0.0680. The highest BCUT2D eigenvalue weighted by Gasteiger charge is 2.12. The fourth-order valence-electron chi connectivity index (χ4n) is 1.29. The molecule has 5 heteroatoms. The Morgan fingerprint density at radius 2 is 2.19 bits per heavy atom. The zero-order valence-corrected chi connectivity index (χ0v) is 8.93. The van der Waals surface area contributed by atoms with Gasteiger partial charge in [0, 0.05) is 12.6 Å². The maximum atomic E-state index is 13.2. The van der Waals surface area contributed by atoms with E-state index in [4.69, 9.17) is 0 Å². The van der Waals surface area contributed by atoms with Crippen LogP contribution in [0, 0.1) is 11.6 Å². The van der Waals surface area contributed by atoms with Crippen molar-refractivity contribution in [3.63, 3.8) is 0 Å². The molecular weight excluding hydrogens is 232 g/mol. The van der Waals surface area contributed by atoms with Crippen LogP contribution in [0.3, 0.4) is 0 Å². The maximum Gasteiger partial charge on any atom is 0.178 e. The van der Waals surface area contributed by atoms with Crippen molar-refractivity contribution in [3.8, 4) is 0 Å². The molecule has 0 aliphatic carbocycles. The minimum Gasteiger partial charge on any atom is -0.293 e. The predicted molar refractivity (Wildman–Crippen MR) is 56.5 cm³/mol.